The van der Waals surface area contributed by atoms with Crippen LogP contribution in [0.25, 0.3) is 0 Å². The maximum atomic E-state index is 11.0. The summed E-state index contributed by atoms with van der Waals surface area (Å²) in [4.78, 5) is 24.3. The van der Waals surface area contributed by atoms with E-state index in [1.165, 1.54) is 6.08 Å². The van der Waals surface area contributed by atoms with Gasteiger partial charge in [-0.15, -0.1) is 0 Å². The van der Waals surface area contributed by atoms with E-state index in [0.717, 1.165) is 6.42 Å². The molecule has 0 bridgehead atoms. The molecule has 0 heterocycles. The Labute approximate surface area is 71.6 Å². The summed E-state index contributed by atoms with van der Waals surface area (Å²) in [5.74, 6) is -0.442. The summed E-state index contributed by atoms with van der Waals surface area (Å²) in [6, 6.07) is -0.660. The molecule has 1 unspecified atom stereocenters. The minimum Gasteiger partial charge on any atom is -0.464 e. The molecule has 0 amide bonds. The maximum absolute atomic E-state index is 11.0. The first kappa shape index (κ1) is 10.8. The van der Waals surface area contributed by atoms with Crippen LogP contribution in [-0.2, 0) is 14.3 Å². The van der Waals surface area contributed by atoms with E-state index in [2.05, 4.69) is 4.99 Å². The Balaban J connectivity index is 4.08. The molecule has 0 fully saturated rings. The summed E-state index contributed by atoms with van der Waals surface area (Å²) >= 11 is 0. The zero-order valence-corrected chi connectivity index (χ0v) is 7.37. The highest BCUT2D eigenvalue weighted by atomic mass is 16.5. The number of aliphatic imine (C=N–C) groups is 1. The van der Waals surface area contributed by atoms with E-state index < -0.39 is 12.0 Å². The van der Waals surface area contributed by atoms with E-state index in [4.69, 9.17) is 4.74 Å². The number of carbonyl (C=O) groups is 1. The van der Waals surface area contributed by atoms with Gasteiger partial charge in [-0.05, 0) is 13.3 Å². The van der Waals surface area contributed by atoms with Crippen LogP contribution in [0.5, 0.6) is 0 Å². The van der Waals surface area contributed by atoms with Crippen molar-refractivity contribution < 1.29 is 14.3 Å². The fraction of sp³-hybridized carbons (Fsp3) is 0.750. The molecule has 12 heavy (non-hydrogen) atoms. The lowest BCUT2D eigenvalue weighted by atomic mass is 10.2. The molecule has 0 aliphatic rings. The Morgan fingerprint density at radius 2 is 2.25 bits per heavy atom. The molecule has 0 aromatic carbocycles. The minimum absolute atomic E-state index is 0.313. The molecule has 4 heteroatoms. The van der Waals surface area contributed by atoms with Crippen molar-refractivity contribution in [2.75, 3.05) is 6.61 Å². The van der Waals surface area contributed by atoms with E-state index in [-0.39, 0.29) is 0 Å². The highest BCUT2D eigenvalue weighted by molar-refractivity contribution is 5.76. The van der Waals surface area contributed by atoms with Crippen molar-refractivity contribution in [2.24, 2.45) is 4.99 Å². The number of hydrogen-bond acceptors (Lipinski definition) is 4. The third-order valence-electron chi connectivity index (χ3n) is 1.33. The van der Waals surface area contributed by atoms with Crippen LogP contribution in [0.1, 0.15) is 26.7 Å². The van der Waals surface area contributed by atoms with Crippen LogP contribution in [-0.4, -0.2) is 24.7 Å². The van der Waals surface area contributed by atoms with Gasteiger partial charge >= 0.3 is 5.97 Å². The summed E-state index contributed by atoms with van der Waals surface area (Å²) < 4.78 is 4.70. The normalized spacial score (nSPS) is 11.5. The zero-order chi connectivity index (χ0) is 9.40. The van der Waals surface area contributed by atoms with E-state index >= 15 is 0 Å². The predicted octanol–water partition coefficient (Wildman–Crippen LogP) is 1.05. The summed E-state index contributed by atoms with van der Waals surface area (Å²) in [6.07, 6.45) is 2.69. The second-order valence-electron chi connectivity index (χ2n) is 2.28. The van der Waals surface area contributed by atoms with Crippen LogP contribution in [0.4, 0.5) is 0 Å². The molecule has 0 N–H and O–H groups in total. The third-order valence-corrected chi connectivity index (χ3v) is 1.33. The topological polar surface area (TPSA) is 55.7 Å². The summed E-state index contributed by atoms with van der Waals surface area (Å²) in [5.41, 5.74) is 0. The van der Waals surface area contributed by atoms with Gasteiger partial charge in [0.15, 0.2) is 6.04 Å². The first-order valence-electron chi connectivity index (χ1n) is 3.99. The highest BCUT2D eigenvalue weighted by Gasteiger charge is 2.16. The second-order valence-corrected chi connectivity index (χ2v) is 2.28. The Hall–Kier alpha value is -1.15. The van der Waals surface area contributed by atoms with Crippen molar-refractivity contribution in [1.82, 2.24) is 0 Å². The fourth-order valence-electron chi connectivity index (χ4n) is 0.811. The van der Waals surface area contributed by atoms with Crippen molar-refractivity contribution in [3.8, 4) is 0 Å². The van der Waals surface area contributed by atoms with Crippen molar-refractivity contribution in [3.05, 3.63) is 0 Å². The molecule has 4 nitrogen and oxygen atoms in total. The molecule has 0 aromatic rings. The number of ether oxygens (including phenoxy) is 1. The number of carbonyl (C=O) groups excluding carboxylic acids is 2. The van der Waals surface area contributed by atoms with Crippen LogP contribution in [0.2, 0.25) is 0 Å². The number of rotatable bonds is 5. The van der Waals surface area contributed by atoms with E-state index in [0.29, 0.717) is 13.0 Å². The Bertz CT molecular complexity index is 185. The first-order valence-corrected chi connectivity index (χ1v) is 3.99. The smallest absolute Gasteiger partial charge is 0.331 e. The van der Waals surface area contributed by atoms with Crippen LogP contribution >= 0.6 is 0 Å². The molecule has 0 aliphatic heterocycles. The van der Waals surface area contributed by atoms with Gasteiger partial charge < -0.3 is 4.74 Å². The van der Waals surface area contributed by atoms with E-state index in [1.54, 1.807) is 6.92 Å². The van der Waals surface area contributed by atoms with Gasteiger partial charge in [0.05, 0.1) is 6.61 Å². The highest BCUT2D eigenvalue weighted by Crippen LogP contribution is 2.03. The molecule has 1 atom stereocenters. The fourth-order valence-corrected chi connectivity index (χ4v) is 0.811. The summed E-state index contributed by atoms with van der Waals surface area (Å²) in [7, 11) is 0. The van der Waals surface area contributed by atoms with Crippen LogP contribution < -0.4 is 0 Å². The van der Waals surface area contributed by atoms with Gasteiger partial charge in [-0.1, -0.05) is 13.3 Å². The Morgan fingerprint density at radius 1 is 1.58 bits per heavy atom. The zero-order valence-electron chi connectivity index (χ0n) is 7.37. The van der Waals surface area contributed by atoms with Gasteiger partial charge in [0.2, 0.25) is 6.08 Å². The lowest BCUT2D eigenvalue weighted by Gasteiger charge is -2.07. The van der Waals surface area contributed by atoms with Crippen molar-refractivity contribution in [3.63, 3.8) is 0 Å². The number of isocyanates is 1. The SMILES string of the molecule is CCCC(N=C=O)C(=O)OCC. The van der Waals surface area contributed by atoms with Gasteiger partial charge in [0.1, 0.15) is 0 Å². The lowest BCUT2D eigenvalue weighted by Crippen LogP contribution is -2.21. The quantitative estimate of drug-likeness (QED) is 0.353. The molecule has 0 aromatic heterocycles. The van der Waals surface area contributed by atoms with Crippen molar-refractivity contribution in [2.45, 2.75) is 32.7 Å². The van der Waals surface area contributed by atoms with Gasteiger partial charge in [-0.3, -0.25) is 0 Å². The second kappa shape index (κ2) is 6.55. The number of esters is 1. The molecular formula is C8H13NO3. The molecule has 0 spiro atoms. The molecule has 0 saturated carbocycles. The van der Waals surface area contributed by atoms with E-state index in [9.17, 15) is 9.59 Å². The number of nitrogens with zero attached hydrogens (tertiary/aromatic N) is 1. The molecular weight excluding hydrogens is 158 g/mol. The third kappa shape index (κ3) is 3.88. The molecule has 0 saturated heterocycles. The van der Waals surface area contributed by atoms with Gasteiger partial charge in [-0.25, -0.2) is 9.59 Å². The van der Waals surface area contributed by atoms with Crippen LogP contribution in [0.3, 0.4) is 0 Å². The number of hydrogen-bond donors (Lipinski definition) is 0. The predicted molar refractivity (Wildman–Crippen MR) is 43.5 cm³/mol. The first-order chi connectivity index (χ1) is 5.76. The maximum Gasteiger partial charge on any atom is 0.331 e. The minimum atomic E-state index is -0.660. The van der Waals surface area contributed by atoms with Gasteiger partial charge in [0, 0.05) is 0 Å². The van der Waals surface area contributed by atoms with Crippen LogP contribution in [0, 0.1) is 0 Å². The summed E-state index contributed by atoms with van der Waals surface area (Å²) in [5, 5.41) is 0. The van der Waals surface area contributed by atoms with Gasteiger partial charge in [-0.2, -0.15) is 4.99 Å². The largest absolute Gasteiger partial charge is 0.464 e. The Morgan fingerprint density at radius 3 is 2.67 bits per heavy atom. The monoisotopic (exact) mass is 171 g/mol. The average molecular weight is 171 g/mol. The average Bonchev–Trinajstić information content (AvgIpc) is 2.04. The lowest BCUT2D eigenvalue weighted by molar-refractivity contribution is -0.144. The van der Waals surface area contributed by atoms with Crippen LogP contribution in [0.15, 0.2) is 4.99 Å². The van der Waals surface area contributed by atoms with Gasteiger partial charge in [0.25, 0.3) is 0 Å². The van der Waals surface area contributed by atoms with Crippen molar-refractivity contribution >= 4 is 12.0 Å². The molecule has 68 valence electrons. The Kier molecular flexibility index (Phi) is 5.93. The summed E-state index contributed by atoms with van der Waals surface area (Å²) in [6.45, 7) is 3.94. The molecule has 0 rings (SSSR count). The van der Waals surface area contributed by atoms with E-state index in [1.807, 2.05) is 6.92 Å². The van der Waals surface area contributed by atoms with Crippen molar-refractivity contribution in [1.29, 1.82) is 0 Å². The molecule has 0 aliphatic carbocycles. The standard InChI is InChI=1S/C8H13NO3/c1-3-5-7(9-6-10)8(11)12-4-2/h7H,3-5H2,1-2H3. The molecule has 0 radical (unpaired) electrons.